The van der Waals surface area contributed by atoms with E-state index in [0.29, 0.717) is 25.0 Å². The fourth-order valence-corrected chi connectivity index (χ4v) is 5.75. The van der Waals surface area contributed by atoms with Gasteiger partial charge in [-0.15, -0.1) is 11.5 Å². The fraction of sp³-hybridized carbons (Fsp3) is 0.361. The fourth-order valence-electron chi connectivity index (χ4n) is 5.09. The number of hydrogen-bond acceptors (Lipinski definition) is 4. The number of ether oxygens (including phenoxy) is 1. The Balaban J connectivity index is 1.76. The van der Waals surface area contributed by atoms with E-state index in [-0.39, 0.29) is 29.1 Å². The summed E-state index contributed by atoms with van der Waals surface area (Å²) in [6, 6.07) is 17.4. The van der Waals surface area contributed by atoms with Gasteiger partial charge in [-0.2, -0.15) is 0 Å². The van der Waals surface area contributed by atoms with Crippen LogP contribution < -0.4 is 20.5 Å². The number of hydrogen-bond donors (Lipinski definition) is 2. The minimum absolute atomic E-state index is 0.133. The summed E-state index contributed by atoms with van der Waals surface area (Å²) in [6.45, 7) is 15.5. The molecule has 0 aliphatic carbocycles. The van der Waals surface area contributed by atoms with Crippen LogP contribution in [0.5, 0.6) is 5.75 Å². The number of methoxy groups -OCH3 is 1. The minimum atomic E-state index is -1.50. The number of anilines is 2. The second-order valence-corrected chi connectivity index (χ2v) is 17.5. The molecule has 0 fully saturated rings. The molecule has 2 aromatic heterocycles. The monoisotopic (exact) mass is 608 g/mol. The van der Waals surface area contributed by atoms with E-state index in [2.05, 4.69) is 92.3 Å². The van der Waals surface area contributed by atoms with E-state index in [4.69, 9.17) is 4.74 Å². The molecule has 0 radical (unpaired) electrons. The highest BCUT2D eigenvalue weighted by Crippen LogP contribution is 2.38. The highest BCUT2D eigenvalue weighted by molar-refractivity contribution is 6.83. The molecule has 8 heteroatoms. The van der Waals surface area contributed by atoms with Crippen LogP contribution in [0.4, 0.5) is 16.2 Å². The molecule has 2 amide bonds. The van der Waals surface area contributed by atoms with Crippen molar-refractivity contribution >= 4 is 36.5 Å². The average Bonchev–Trinajstić information content (AvgIpc) is 2.98. The highest BCUT2D eigenvalue weighted by Gasteiger charge is 2.24. The van der Waals surface area contributed by atoms with E-state index in [1.165, 1.54) is 0 Å². The van der Waals surface area contributed by atoms with E-state index in [1.54, 1.807) is 24.3 Å². The molecule has 0 unspecified atom stereocenters. The maximum Gasteiger partial charge on any atom is 0.326 e. The number of rotatable bonds is 9. The Labute approximate surface area is 262 Å². The SMILES string of the molecule is COc1cccc(-c2cc(C(C)C)c(NC(=O)N(CCCC#C[Si](C)(C)C)c3cc4cccnc4[nH]c3=O)c(C(C)C)c2)c1. The van der Waals surface area contributed by atoms with Gasteiger partial charge in [-0.25, -0.2) is 9.78 Å². The smallest absolute Gasteiger partial charge is 0.326 e. The molecule has 4 rings (SSSR count). The van der Waals surface area contributed by atoms with Crippen LogP contribution in [0, 0.1) is 11.5 Å². The summed E-state index contributed by atoms with van der Waals surface area (Å²) < 4.78 is 5.48. The Kier molecular flexibility index (Phi) is 10.3. The lowest BCUT2D eigenvalue weighted by Gasteiger charge is -2.27. The van der Waals surface area contributed by atoms with Gasteiger partial charge in [-0.1, -0.05) is 59.5 Å². The molecule has 44 heavy (non-hydrogen) atoms. The molecule has 0 aliphatic rings. The maximum absolute atomic E-state index is 14.2. The third-order valence-electron chi connectivity index (χ3n) is 7.36. The van der Waals surface area contributed by atoms with Gasteiger partial charge < -0.3 is 15.0 Å². The van der Waals surface area contributed by atoms with Crippen LogP contribution in [0.15, 0.2) is 65.6 Å². The number of nitrogens with zero attached hydrogens (tertiary/aromatic N) is 2. The molecule has 0 atom stereocenters. The Morgan fingerprint density at radius 1 is 1.00 bits per heavy atom. The molecule has 0 saturated heterocycles. The van der Waals surface area contributed by atoms with Crippen molar-refractivity contribution in [2.75, 3.05) is 23.9 Å². The lowest BCUT2D eigenvalue weighted by Crippen LogP contribution is -2.39. The number of amides is 2. The number of urea groups is 1. The van der Waals surface area contributed by atoms with Crippen LogP contribution in [-0.4, -0.2) is 37.7 Å². The molecular weight excluding hydrogens is 565 g/mol. The topological polar surface area (TPSA) is 87.3 Å². The van der Waals surface area contributed by atoms with Gasteiger partial charge >= 0.3 is 6.03 Å². The lowest BCUT2D eigenvalue weighted by atomic mass is 9.88. The van der Waals surface area contributed by atoms with Crippen molar-refractivity contribution < 1.29 is 9.53 Å². The number of carbonyl (C=O) groups excluding carboxylic acids is 1. The number of aromatic amines is 1. The molecule has 0 spiro atoms. The second-order valence-electron chi connectivity index (χ2n) is 12.7. The molecule has 2 N–H and O–H groups in total. The van der Waals surface area contributed by atoms with E-state index >= 15 is 0 Å². The van der Waals surface area contributed by atoms with E-state index in [0.717, 1.165) is 39.1 Å². The van der Waals surface area contributed by atoms with E-state index in [9.17, 15) is 9.59 Å². The first kappa shape index (κ1) is 32.6. The first-order valence-corrected chi connectivity index (χ1v) is 18.8. The summed E-state index contributed by atoms with van der Waals surface area (Å²) in [7, 11) is 0.163. The quantitative estimate of drug-likeness (QED) is 0.113. The second kappa shape index (κ2) is 14.0. The van der Waals surface area contributed by atoms with Gasteiger partial charge in [0.25, 0.3) is 5.56 Å². The maximum atomic E-state index is 14.2. The Hall–Kier alpha value is -4.35. The lowest BCUT2D eigenvalue weighted by molar-refractivity contribution is 0.256. The normalized spacial score (nSPS) is 11.4. The molecule has 7 nitrogen and oxygen atoms in total. The van der Waals surface area contributed by atoms with Crippen molar-refractivity contribution in [2.45, 2.75) is 72.0 Å². The average molecular weight is 609 g/mol. The van der Waals surface area contributed by atoms with Crippen LogP contribution in [0.25, 0.3) is 22.2 Å². The molecular formula is C36H44N4O3Si. The van der Waals surface area contributed by atoms with Gasteiger partial charge in [0.05, 0.1) is 7.11 Å². The summed E-state index contributed by atoms with van der Waals surface area (Å²) in [5.41, 5.74) is 8.75. The van der Waals surface area contributed by atoms with Crippen molar-refractivity contribution in [2.24, 2.45) is 0 Å². The first-order valence-electron chi connectivity index (χ1n) is 15.3. The zero-order valence-electron chi connectivity index (χ0n) is 27.2. The summed E-state index contributed by atoms with van der Waals surface area (Å²) in [5.74, 6) is 4.35. The summed E-state index contributed by atoms with van der Waals surface area (Å²) in [5, 5.41) is 4.00. The highest BCUT2D eigenvalue weighted by atomic mass is 28.3. The molecule has 4 aromatic rings. The van der Waals surface area contributed by atoms with Crippen molar-refractivity contribution in [1.29, 1.82) is 0 Å². The number of fused-ring (bicyclic) bond motifs is 1. The Bertz CT molecular complexity index is 1730. The van der Waals surface area contributed by atoms with Gasteiger partial charge in [-0.05, 0) is 83.0 Å². The number of benzene rings is 2. The van der Waals surface area contributed by atoms with Crippen LogP contribution in [-0.2, 0) is 0 Å². The molecule has 0 saturated carbocycles. The minimum Gasteiger partial charge on any atom is -0.497 e. The number of aromatic nitrogens is 2. The molecule has 0 aliphatic heterocycles. The zero-order valence-corrected chi connectivity index (χ0v) is 28.2. The molecule has 230 valence electrons. The van der Waals surface area contributed by atoms with E-state index < -0.39 is 8.07 Å². The standard InChI is InChI=1S/C36H44N4O3Si/c1-24(2)30-21-28(26-14-12-16-29(20-26)43-5)22-31(25(3)4)33(30)38-36(42)40(18-10-9-11-19-44(6,7)8)32-23-27-15-13-17-37-34(27)39-35(32)41/h12-17,20-25H,9-10,18H2,1-8H3,(H,38,42)(H,37,39,41). The summed E-state index contributed by atoms with van der Waals surface area (Å²) in [6.07, 6.45) is 2.92. The largest absolute Gasteiger partial charge is 0.497 e. The summed E-state index contributed by atoms with van der Waals surface area (Å²) >= 11 is 0. The van der Waals surface area contributed by atoms with Gasteiger partial charge in [0.2, 0.25) is 0 Å². The number of nitrogens with one attached hydrogen (secondary N) is 2. The van der Waals surface area contributed by atoms with Gasteiger partial charge in [-0.3, -0.25) is 9.69 Å². The zero-order chi connectivity index (χ0) is 32.0. The van der Waals surface area contributed by atoms with Crippen molar-refractivity contribution in [3.8, 4) is 28.3 Å². The number of unbranched alkanes of at least 4 members (excludes halogenated alkanes) is 1. The predicted molar refractivity (Wildman–Crippen MR) is 186 cm³/mol. The molecule has 0 bridgehead atoms. The predicted octanol–water partition coefficient (Wildman–Crippen LogP) is 8.55. The number of pyridine rings is 2. The van der Waals surface area contributed by atoms with Crippen LogP contribution >= 0.6 is 0 Å². The molecule has 2 aromatic carbocycles. The Morgan fingerprint density at radius 2 is 1.70 bits per heavy atom. The van der Waals surface area contributed by atoms with Crippen LogP contribution in [0.3, 0.4) is 0 Å². The van der Waals surface area contributed by atoms with Crippen molar-refractivity contribution in [1.82, 2.24) is 9.97 Å². The third kappa shape index (κ3) is 7.97. The number of carbonyl (C=O) groups is 1. The number of H-pyrrole nitrogens is 1. The molecule has 2 heterocycles. The first-order chi connectivity index (χ1) is 20.9. The van der Waals surface area contributed by atoms with Crippen molar-refractivity contribution in [3.63, 3.8) is 0 Å². The van der Waals surface area contributed by atoms with Crippen LogP contribution in [0.1, 0.15) is 63.5 Å². The van der Waals surface area contributed by atoms with Gasteiger partial charge in [0.1, 0.15) is 25.2 Å². The van der Waals surface area contributed by atoms with Crippen LogP contribution in [0.2, 0.25) is 19.6 Å². The van der Waals surface area contributed by atoms with Gasteiger partial charge in [0.15, 0.2) is 0 Å². The van der Waals surface area contributed by atoms with Gasteiger partial charge in [0, 0.05) is 30.2 Å². The van der Waals surface area contributed by atoms with E-state index in [1.807, 2.05) is 30.3 Å². The van der Waals surface area contributed by atoms with Crippen molar-refractivity contribution in [3.05, 3.63) is 82.3 Å². The third-order valence-corrected chi connectivity index (χ3v) is 8.28. The summed E-state index contributed by atoms with van der Waals surface area (Å²) in [4.78, 5) is 36.2. The Morgan fingerprint density at radius 3 is 2.34 bits per heavy atom.